The Morgan fingerprint density at radius 3 is 2.70 bits per heavy atom. The van der Waals surface area contributed by atoms with Gasteiger partial charge in [-0.1, -0.05) is 23.4 Å². The highest BCUT2D eigenvalue weighted by Gasteiger charge is 2.20. The molecule has 0 aliphatic heterocycles. The molecule has 4 rings (SSSR count). The van der Waals surface area contributed by atoms with Crippen LogP contribution in [0.15, 0.2) is 53.4 Å². The van der Waals surface area contributed by atoms with Crippen molar-refractivity contribution >= 4 is 17.6 Å². The highest BCUT2D eigenvalue weighted by atomic mass is 19.1. The molecule has 11 heteroatoms. The topological polar surface area (TPSA) is 134 Å². The van der Waals surface area contributed by atoms with E-state index in [0.717, 1.165) is 0 Å². The van der Waals surface area contributed by atoms with Gasteiger partial charge in [-0.05, 0) is 32.9 Å². The third-order valence-corrected chi connectivity index (χ3v) is 4.44. The summed E-state index contributed by atoms with van der Waals surface area (Å²) in [5, 5.41) is 11.0. The van der Waals surface area contributed by atoms with Gasteiger partial charge in [-0.2, -0.15) is 5.10 Å². The Hall–Kier alpha value is -4.28. The summed E-state index contributed by atoms with van der Waals surface area (Å²) in [4.78, 5) is 20.5. The number of nitrogens with zero attached hydrogens (tertiary/aromatic N) is 5. The van der Waals surface area contributed by atoms with Gasteiger partial charge in [-0.15, -0.1) is 0 Å². The lowest BCUT2D eigenvalue weighted by Crippen LogP contribution is -2.27. The molecule has 3 N–H and O–H groups in total. The van der Waals surface area contributed by atoms with E-state index in [9.17, 15) is 9.18 Å². The van der Waals surface area contributed by atoms with E-state index in [-0.39, 0.29) is 29.7 Å². The zero-order valence-electron chi connectivity index (χ0n) is 18.2. The quantitative estimate of drug-likeness (QED) is 0.463. The van der Waals surface area contributed by atoms with Crippen molar-refractivity contribution in [2.24, 2.45) is 0 Å². The number of rotatable bonds is 5. The molecule has 0 saturated carbocycles. The Morgan fingerprint density at radius 1 is 1.24 bits per heavy atom. The number of nitrogens with one attached hydrogen (secondary N) is 1. The number of ether oxygens (including phenoxy) is 1. The summed E-state index contributed by atoms with van der Waals surface area (Å²) in [6, 6.07) is 9.80. The monoisotopic (exact) mass is 451 g/mol. The molecule has 4 aromatic rings. The minimum atomic E-state index is -0.673. The number of nitrogen functional groups attached to an aromatic ring is 1. The fraction of sp³-hybridized carbons (Fsp3) is 0.227. The summed E-state index contributed by atoms with van der Waals surface area (Å²) < 4.78 is 26.0. The first-order valence-corrected chi connectivity index (χ1v) is 10.0. The molecular formula is C22H22FN7O3. The number of anilines is 2. The van der Waals surface area contributed by atoms with Crippen molar-refractivity contribution in [3.63, 3.8) is 0 Å². The molecule has 33 heavy (non-hydrogen) atoms. The fourth-order valence-corrected chi connectivity index (χ4v) is 3.01. The Kier molecular flexibility index (Phi) is 5.78. The molecular weight excluding hydrogens is 429 g/mol. The molecule has 3 heterocycles. The molecule has 0 aliphatic rings. The second-order valence-corrected chi connectivity index (χ2v) is 8.17. The van der Waals surface area contributed by atoms with E-state index < -0.39 is 11.7 Å². The van der Waals surface area contributed by atoms with Gasteiger partial charge in [0.25, 0.3) is 0 Å². The molecule has 0 bridgehead atoms. The van der Waals surface area contributed by atoms with Crippen molar-refractivity contribution in [1.82, 2.24) is 24.9 Å². The van der Waals surface area contributed by atoms with Crippen LogP contribution < -0.4 is 11.1 Å². The van der Waals surface area contributed by atoms with E-state index >= 15 is 0 Å². The van der Waals surface area contributed by atoms with E-state index in [1.807, 2.05) is 0 Å². The second kappa shape index (κ2) is 8.69. The van der Waals surface area contributed by atoms with Crippen LogP contribution in [-0.2, 0) is 11.3 Å². The van der Waals surface area contributed by atoms with Crippen LogP contribution in [0.4, 0.5) is 20.7 Å². The molecule has 0 radical (unpaired) electrons. The number of carbonyl (C=O) groups is 1. The molecule has 0 aliphatic carbocycles. The number of hydrogen-bond acceptors (Lipinski definition) is 8. The number of amides is 1. The minimum absolute atomic E-state index is 0.0394. The van der Waals surface area contributed by atoms with E-state index in [1.165, 1.54) is 18.5 Å². The summed E-state index contributed by atoms with van der Waals surface area (Å²) in [5.74, 6) is -0.0875. The minimum Gasteiger partial charge on any atom is -0.444 e. The molecule has 3 aromatic heterocycles. The van der Waals surface area contributed by atoms with Crippen molar-refractivity contribution in [2.75, 3.05) is 11.1 Å². The third kappa shape index (κ3) is 5.14. The number of aromatic nitrogens is 5. The molecule has 10 nitrogen and oxygen atoms in total. The average Bonchev–Trinajstić information content (AvgIpc) is 3.40. The highest BCUT2D eigenvalue weighted by Crippen LogP contribution is 2.26. The van der Waals surface area contributed by atoms with E-state index in [0.29, 0.717) is 22.6 Å². The molecule has 1 amide bonds. The largest absolute Gasteiger partial charge is 0.444 e. The SMILES string of the molecule is CC(C)(C)OC(=O)Nc1cnc(-c2cc(-c3ccon3)n(Cc3ccccc3F)n2)nc1N. The standard InChI is InChI=1S/C22H22FN7O3/c1-22(2,3)33-21(31)26-17-11-25-20(27-19(17)24)16-10-18(15-8-9-32-29-15)30(28-16)12-13-6-4-5-7-14(13)23/h4-11H,12H2,1-3H3,(H,26,31)(H2,24,25,27). The number of benzene rings is 1. The number of hydrogen-bond donors (Lipinski definition) is 2. The second-order valence-electron chi connectivity index (χ2n) is 8.17. The Labute approximate surface area is 188 Å². The molecule has 1 aromatic carbocycles. The lowest BCUT2D eigenvalue weighted by molar-refractivity contribution is 0.0636. The summed E-state index contributed by atoms with van der Waals surface area (Å²) in [6.45, 7) is 5.40. The predicted octanol–water partition coefficient (Wildman–Crippen LogP) is 4.11. The van der Waals surface area contributed by atoms with Crippen LogP contribution in [0.25, 0.3) is 22.9 Å². The maximum absolute atomic E-state index is 14.2. The number of nitrogens with two attached hydrogens (primary N) is 1. The third-order valence-electron chi connectivity index (χ3n) is 4.44. The Balaban J connectivity index is 1.64. The first-order valence-electron chi connectivity index (χ1n) is 10.0. The van der Waals surface area contributed by atoms with E-state index in [4.69, 9.17) is 15.0 Å². The lowest BCUT2D eigenvalue weighted by atomic mass is 10.2. The molecule has 170 valence electrons. The molecule has 0 unspecified atom stereocenters. The highest BCUT2D eigenvalue weighted by molar-refractivity contribution is 5.88. The fourth-order valence-electron chi connectivity index (χ4n) is 3.01. The number of carbonyl (C=O) groups excluding carboxylic acids is 1. The summed E-state index contributed by atoms with van der Waals surface area (Å²) in [7, 11) is 0. The zero-order valence-corrected chi connectivity index (χ0v) is 18.2. The molecule has 0 atom stereocenters. The van der Waals surface area contributed by atoms with Gasteiger partial charge in [0, 0.05) is 11.6 Å². The smallest absolute Gasteiger partial charge is 0.412 e. The van der Waals surface area contributed by atoms with Crippen molar-refractivity contribution in [3.05, 3.63) is 60.2 Å². The van der Waals surface area contributed by atoms with Gasteiger partial charge in [0.1, 0.15) is 34.8 Å². The first-order chi connectivity index (χ1) is 15.7. The molecule has 0 fully saturated rings. The molecule has 0 spiro atoms. The van der Waals surface area contributed by atoms with Gasteiger partial charge < -0.3 is 15.0 Å². The van der Waals surface area contributed by atoms with Crippen molar-refractivity contribution in [3.8, 4) is 22.9 Å². The molecule has 0 saturated heterocycles. The average molecular weight is 451 g/mol. The van der Waals surface area contributed by atoms with Crippen molar-refractivity contribution < 1.29 is 18.4 Å². The van der Waals surface area contributed by atoms with Crippen LogP contribution in [0.5, 0.6) is 0 Å². The van der Waals surface area contributed by atoms with Crippen LogP contribution >= 0.6 is 0 Å². The summed E-state index contributed by atoms with van der Waals surface area (Å²) >= 11 is 0. The van der Waals surface area contributed by atoms with Crippen LogP contribution in [0.3, 0.4) is 0 Å². The number of halogens is 1. The van der Waals surface area contributed by atoms with Gasteiger partial charge in [0.15, 0.2) is 11.6 Å². The zero-order chi connectivity index (χ0) is 23.6. The maximum Gasteiger partial charge on any atom is 0.412 e. The summed E-state index contributed by atoms with van der Waals surface area (Å²) in [5.41, 5.74) is 7.50. The van der Waals surface area contributed by atoms with Gasteiger partial charge in [-0.3, -0.25) is 10.00 Å². The van der Waals surface area contributed by atoms with Crippen LogP contribution in [0.1, 0.15) is 26.3 Å². The van der Waals surface area contributed by atoms with Crippen LogP contribution in [-0.4, -0.2) is 36.6 Å². The normalized spacial score (nSPS) is 11.4. The van der Waals surface area contributed by atoms with Gasteiger partial charge in [0.2, 0.25) is 0 Å². The van der Waals surface area contributed by atoms with E-state index in [2.05, 4.69) is 25.5 Å². The van der Waals surface area contributed by atoms with E-state index in [1.54, 1.807) is 55.8 Å². The maximum atomic E-state index is 14.2. The Morgan fingerprint density at radius 2 is 2.03 bits per heavy atom. The summed E-state index contributed by atoms with van der Waals surface area (Å²) in [6.07, 6.45) is 2.13. The first kappa shape index (κ1) is 21.9. The van der Waals surface area contributed by atoms with Gasteiger partial charge >= 0.3 is 6.09 Å². The lowest BCUT2D eigenvalue weighted by Gasteiger charge is -2.19. The van der Waals surface area contributed by atoms with Crippen molar-refractivity contribution in [1.29, 1.82) is 0 Å². The predicted molar refractivity (Wildman–Crippen MR) is 119 cm³/mol. The van der Waals surface area contributed by atoms with Gasteiger partial charge in [0.05, 0.1) is 18.4 Å². The van der Waals surface area contributed by atoms with Gasteiger partial charge in [-0.25, -0.2) is 19.2 Å². The van der Waals surface area contributed by atoms with Crippen LogP contribution in [0, 0.1) is 5.82 Å². The van der Waals surface area contributed by atoms with Crippen LogP contribution in [0.2, 0.25) is 0 Å². The Bertz CT molecular complexity index is 1280. The van der Waals surface area contributed by atoms with Crippen molar-refractivity contribution in [2.45, 2.75) is 32.9 Å².